The van der Waals surface area contributed by atoms with Gasteiger partial charge in [0.2, 0.25) is 0 Å². The van der Waals surface area contributed by atoms with E-state index in [-0.39, 0.29) is 18.5 Å². The van der Waals surface area contributed by atoms with Crippen LogP contribution in [0, 0.1) is 0 Å². The first-order chi connectivity index (χ1) is 9.74. The van der Waals surface area contributed by atoms with Crippen molar-refractivity contribution >= 4 is 5.97 Å². The number of esters is 1. The van der Waals surface area contributed by atoms with E-state index in [4.69, 9.17) is 9.47 Å². The number of hydrogen-bond donors (Lipinski definition) is 0. The molecule has 0 saturated heterocycles. The van der Waals surface area contributed by atoms with E-state index in [1.165, 1.54) is 0 Å². The van der Waals surface area contributed by atoms with E-state index in [9.17, 15) is 4.79 Å². The lowest BCUT2D eigenvalue weighted by Crippen LogP contribution is -2.18. The topological polar surface area (TPSA) is 35.5 Å². The van der Waals surface area contributed by atoms with Gasteiger partial charge in [0.25, 0.3) is 0 Å². The zero-order valence-corrected chi connectivity index (χ0v) is 11.5. The summed E-state index contributed by atoms with van der Waals surface area (Å²) in [6.45, 7) is 2.37. The fourth-order valence-corrected chi connectivity index (χ4v) is 1.77. The lowest BCUT2D eigenvalue weighted by atomic mass is 10.2. The number of carbonyl (C=O) groups excluding carboxylic acids is 1. The smallest absolute Gasteiger partial charge is 0.313 e. The summed E-state index contributed by atoms with van der Waals surface area (Å²) in [5.74, 6) is 0.282. The molecule has 0 aromatic heterocycles. The Morgan fingerprint density at radius 1 is 1.00 bits per heavy atom. The molecule has 1 atom stereocenters. The predicted octanol–water partition coefficient (Wildman–Crippen LogP) is 3.59. The van der Waals surface area contributed by atoms with Crippen molar-refractivity contribution in [3.05, 3.63) is 66.2 Å². The number of rotatable bonds is 6. The molecule has 0 fully saturated rings. The first-order valence-corrected chi connectivity index (χ1v) is 6.65. The third-order valence-corrected chi connectivity index (χ3v) is 2.81. The molecule has 0 bridgehead atoms. The summed E-state index contributed by atoms with van der Waals surface area (Å²) in [5, 5.41) is 0. The molecular formula is C17H18O3. The molecule has 3 heteroatoms. The number of carbonyl (C=O) groups is 1. The van der Waals surface area contributed by atoms with Crippen molar-refractivity contribution in [3.63, 3.8) is 0 Å². The minimum absolute atomic E-state index is 0.175. The fraction of sp³-hybridized carbons (Fsp3) is 0.235. The highest BCUT2D eigenvalue weighted by atomic mass is 16.5. The van der Waals surface area contributed by atoms with Crippen molar-refractivity contribution in [1.29, 1.82) is 0 Å². The van der Waals surface area contributed by atoms with E-state index in [2.05, 4.69) is 0 Å². The molecule has 0 amide bonds. The Morgan fingerprint density at radius 2 is 1.60 bits per heavy atom. The average molecular weight is 270 g/mol. The Labute approximate surface area is 119 Å². The van der Waals surface area contributed by atoms with Gasteiger partial charge in [-0.05, 0) is 24.6 Å². The summed E-state index contributed by atoms with van der Waals surface area (Å²) in [6.07, 6.45) is 0.0632. The summed E-state index contributed by atoms with van der Waals surface area (Å²) in [4.78, 5) is 11.7. The summed E-state index contributed by atoms with van der Waals surface area (Å²) in [6, 6.07) is 18.9. The first-order valence-electron chi connectivity index (χ1n) is 6.65. The molecule has 0 spiro atoms. The van der Waals surface area contributed by atoms with E-state index in [1.54, 1.807) is 12.1 Å². The Bertz CT molecular complexity index is 522. The molecule has 104 valence electrons. The van der Waals surface area contributed by atoms with Gasteiger partial charge in [0.05, 0.1) is 19.1 Å². The van der Waals surface area contributed by atoms with Crippen LogP contribution in [0.1, 0.15) is 18.9 Å². The van der Waals surface area contributed by atoms with E-state index in [0.29, 0.717) is 12.4 Å². The second-order valence-corrected chi connectivity index (χ2v) is 4.60. The summed E-state index contributed by atoms with van der Waals surface area (Å²) in [5.41, 5.74) is 1.09. The standard InChI is InChI=1S/C17H18O3/c1-14(19-13-15-8-4-2-5-9-15)12-17(18)20-16-10-6-3-7-11-16/h2-11,14H,12-13H2,1H3. The monoisotopic (exact) mass is 270 g/mol. The average Bonchev–Trinajstić information content (AvgIpc) is 2.47. The van der Waals surface area contributed by atoms with Crippen LogP contribution in [0.25, 0.3) is 0 Å². The van der Waals surface area contributed by atoms with Gasteiger partial charge >= 0.3 is 5.97 Å². The molecule has 0 aliphatic heterocycles. The van der Waals surface area contributed by atoms with Crippen molar-refractivity contribution in [2.75, 3.05) is 0 Å². The number of para-hydroxylation sites is 1. The van der Waals surface area contributed by atoms with Crippen LogP contribution >= 0.6 is 0 Å². The van der Waals surface area contributed by atoms with Gasteiger partial charge in [-0.3, -0.25) is 4.79 Å². The molecule has 2 rings (SSSR count). The summed E-state index contributed by atoms with van der Waals surface area (Å²) < 4.78 is 10.9. The van der Waals surface area contributed by atoms with Gasteiger partial charge in [0, 0.05) is 0 Å². The van der Waals surface area contributed by atoms with Crippen LogP contribution in [0.4, 0.5) is 0 Å². The van der Waals surface area contributed by atoms with Crippen molar-refractivity contribution in [2.45, 2.75) is 26.1 Å². The van der Waals surface area contributed by atoms with Gasteiger partial charge in [0.15, 0.2) is 0 Å². The van der Waals surface area contributed by atoms with Crippen molar-refractivity contribution in [2.24, 2.45) is 0 Å². The molecule has 20 heavy (non-hydrogen) atoms. The van der Waals surface area contributed by atoms with Crippen LogP contribution < -0.4 is 4.74 Å². The minimum atomic E-state index is -0.281. The molecule has 0 N–H and O–H groups in total. The molecular weight excluding hydrogens is 252 g/mol. The van der Waals surface area contributed by atoms with Crippen LogP contribution in [0.15, 0.2) is 60.7 Å². The lowest BCUT2D eigenvalue weighted by molar-refractivity contribution is -0.137. The maximum Gasteiger partial charge on any atom is 0.313 e. The predicted molar refractivity (Wildman–Crippen MR) is 77.4 cm³/mol. The zero-order valence-electron chi connectivity index (χ0n) is 11.5. The molecule has 3 nitrogen and oxygen atoms in total. The van der Waals surface area contributed by atoms with Crippen molar-refractivity contribution in [3.8, 4) is 5.75 Å². The maximum atomic E-state index is 11.7. The van der Waals surface area contributed by atoms with Crippen molar-refractivity contribution in [1.82, 2.24) is 0 Å². The quantitative estimate of drug-likeness (QED) is 0.594. The van der Waals surface area contributed by atoms with Gasteiger partial charge in [-0.2, -0.15) is 0 Å². The molecule has 0 aliphatic rings. The van der Waals surface area contributed by atoms with Crippen molar-refractivity contribution < 1.29 is 14.3 Å². The Morgan fingerprint density at radius 3 is 2.25 bits per heavy atom. The first kappa shape index (κ1) is 14.3. The third-order valence-electron chi connectivity index (χ3n) is 2.81. The minimum Gasteiger partial charge on any atom is -0.426 e. The van der Waals surface area contributed by atoms with Crippen LogP contribution in [-0.2, 0) is 16.1 Å². The van der Waals surface area contributed by atoms with Crippen LogP contribution in [0.2, 0.25) is 0 Å². The number of benzene rings is 2. The van der Waals surface area contributed by atoms with Crippen LogP contribution in [-0.4, -0.2) is 12.1 Å². The molecule has 2 aromatic carbocycles. The maximum absolute atomic E-state index is 11.7. The SMILES string of the molecule is CC(CC(=O)Oc1ccccc1)OCc1ccccc1. The highest BCUT2D eigenvalue weighted by molar-refractivity contribution is 5.72. The van der Waals surface area contributed by atoms with E-state index >= 15 is 0 Å². The number of hydrogen-bond acceptors (Lipinski definition) is 3. The summed E-state index contributed by atoms with van der Waals surface area (Å²) in [7, 11) is 0. The van der Waals surface area contributed by atoms with E-state index in [1.807, 2.05) is 55.5 Å². The second-order valence-electron chi connectivity index (χ2n) is 4.60. The highest BCUT2D eigenvalue weighted by Crippen LogP contribution is 2.11. The Kier molecular flexibility index (Phi) is 5.33. The normalized spacial score (nSPS) is 11.8. The molecule has 2 aromatic rings. The lowest BCUT2D eigenvalue weighted by Gasteiger charge is -2.12. The van der Waals surface area contributed by atoms with Gasteiger partial charge in [-0.25, -0.2) is 0 Å². The van der Waals surface area contributed by atoms with E-state index in [0.717, 1.165) is 5.56 Å². The van der Waals surface area contributed by atoms with E-state index < -0.39 is 0 Å². The van der Waals surface area contributed by atoms with Gasteiger partial charge < -0.3 is 9.47 Å². The van der Waals surface area contributed by atoms with Gasteiger partial charge in [0.1, 0.15) is 5.75 Å². The van der Waals surface area contributed by atoms with Gasteiger partial charge in [-0.1, -0.05) is 48.5 Å². The highest BCUT2D eigenvalue weighted by Gasteiger charge is 2.11. The van der Waals surface area contributed by atoms with Crippen LogP contribution in [0.3, 0.4) is 0 Å². The number of ether oxygens (including phenoxy) is 2. The Hall–Kier alpha value is -2.13. The molecule has 0 saturated carbocycles. The fourth-order valence-electron chi connectivity index (χ4n) is 1.77. The van der Waals surface area contributed by atoms with Crippen LogP contribution in [0.5, 0.6) is 5.75 Å². The molecule has 0 heterocycles. The third kappa shape index (κ3) is 4.86. The summed E-state index contributed by atoms with van der Waals surface area (Å²) >= 11 is 0. The molecule has 0 radical (unpaired) electrons. The largest absolute Gasteiger partial charge is 0.426 e. The molecule has 0 aliphatic carbocycles. The molecule has 1 unspecified atom stereocenters. The second kappa shape index (κ2) is 7.46. The zero-order chi connectivity index (χ0) is 14.2. The van der Waals surface area contributed by atoms with Gasteiger partial charge in [-0.15, -0.1) is 0 Å². The Balaban J connectivity index is 1.74.